The minimum Gasteiger partial charge on any atom is -0.490 e. The van der Waals surface area contributed by atoms with Gasteiger partial charge in [-0.25, -0.2) is 0 Å². The molecule has 3 heteroatoms. The molecule has 0 aromatic heterocycles. The molecule has 1 aliphatic carbocycles. The summed E-state index contributed by atoms with van der Waals surface area (Å²) in [6, 6.07) is 7.64. The first kappa shape index (κ1) is 12.4. The van der Waals surface area contributed by atoms with Gasteiger partial charge in [-0.1, -0.05) is 12.1 Å². The summed E-state index contributed by atoms with van der Waals surface area (Å²) >= 11 is 0. The van der Waals surface area contributed by atoms with Crippen molar-refractivity contribution >= 4 is 0 Å². The van der Waals surface area contributed by atoms with Crippen molar-refractivity contribution in [3.8, 4) is 5.75 Å². The Balaban J connectivity index is 2.07. The molecular weight excluding hydrogens is 216 g/mol. The predicted octanol–water partition coefficient (Wildman–Crippen LogP) is 2.47. The predicted molar refractivity (Wildman–Crippen MR) is 66.2 cm³/mol. The van der Waals surface area contributed by atoms with Gasteiger partial charge in [-0.15, -0.1) is 0 Å². The first-order chi connectivity index (χ1) is 8.12. The lowest BCUT2D eigenvalue weighted by atomic mass is 9.97. The van der Waals surface area contributed by atoms with E-state index >= 15 is 0 Å². The average molecular weight is 236 g/mol. The van der Waals surface area contributed by atoms with E-state index in [0.717, 1.165) is 24.2 Å². The molecule has 94 valence electrons. The van der Waals surface area contributed by atoms with Gasteiger partial charge in [-0.05, 0) is 44.4 Å². The van der Waals surface area contributed by atoms with E-state index in [9.17, 15) is 5.11 Å². The summed E-state index contributed by atoms with van der Waals surface area (Å²) in [6.07, 6.45) is 2.65. The second-order valence-corrected chi connectivity index (χ2v) is 4.76. The molecule has 0 aliphatic heterocycles. The maximum Gasteiger partial charge on any atom is 0.120 e. The molecule has 0 saturated heterocycles. The summed E-state index contributed by atoms with van der Waals surface area (Å²) in [4.78, 5) is 0. The molecular formula is C14H20O3. The zero-order valence-electron chi connectivity index (χ0n) is 10.5. The lowest BCUT2D eigenvalue weighted by Gasteiger charge is -2.24. The summed E-state index contributed by atoms with van der Waals surface area (Å²) in [5.41, 5.74) is -0.122. The van der Waals surface area contributed by atoms with Crippen LogP contribution < -0.4 is 4.74 Å². The number of hydrogen-bond acceptors (Lipinski definition) is 3. The minimum atomic E-state index is -0.959. The molecule has 0 radical (unpaired) electrons. The van der Waals surface area contributed by atoms with Crippen molar-refractivity contribution in [1.29, 1.82) is 0 Å². The number of rotatable bonds is 6. The number of hydrogen-bond donors (Lipinski definition) is 1. The zero-order chi connectivity index (χ0) is 12.3. The fourth-order valence-electron chi connectivity index (χ4n) is 1.67. The van der Waals surface area contributed by atoms with E-state index in [1.807, 2.05) is 31.2 Å². The van der Waals surface area contributed by atoms with E-state index in [0.29, 0.717) is 19.3 Å². The van der Waals surface area contributed by atoms with Crippen molar-refractivity contribution in [1.82, 2.24) is 0 Å². The molecule has 17 heavy (non-hydrogen) atoms. The van der Waals surface area contributed by atoms with Crippen LogP contribution in [0.15, 0.2) is 24.3 Å². The molecule has 1 N–H and O–H groups in total. The Morgan fingerprint density at radius 3 is 2.82 bits per heavy atom. The van der Waals surface area contributed by atoms with Crippen molar-refractivity contribution in [2.75, 3.05) is 13.2 Å². The van der Waals surface area contributed by atoms with Gasteiger partial charge in [0.1, 0.15) is 11.4 Å². The number of benzene rings is 1. The van der Waals surface area contributed by atoms with Crippen LogP contribution in [-0.4, -0.2) is 24.4 Å². The van der Waals surface area contributed by atoms with Gasteiger partial charge in [0.15, 0.2) is 0 Å². The van der Waals surface area contributed by atoms with E-state index in [4.69, 9.17) is 9.47 Å². The molecule has 1 saturated carbocycles. The Hall–Kier alpha value is -1.06. The van der Waals surface area contributed by atoms with E-state index < -0.39 is 5.60 Å². The Bertz CT molecular complexity index is 369. The highest BCUT2D eigenvalue weighted by Crippen LogP contribution is 2.29. The molecule has 1 fully saturated rings. The molecule has 0 spiro atoms. The van der Waals surface area contributed by atoms with Gasteiger partial charge < -0.3 is 14.6 Å². The standard InChI is InChI=1S/C14H20O3/c1-3-16-10-14(2,15)11-5-4-6-13(9-11)17-12-7-8-12/h4-6,9,12,15H,3,7-8,10H2,1-2H3. The van der Waals surface area contributed by atoms with Crippen LogP contribution in [-0.2, 0) is 10.3 Å². The van der Waals surface area contributed by atoms with E-state index in [1.165, 1.54) is 0 Å². The third kappa shape index (κ3) is 3.45. The van der Waals surface area contributed by atoms with Gasteiger partial charge in [0, 0.05) is 6.61 Å². The molecule has 3 nitrogen and oxygen atoms in total. The molecule has 0 heterocycles. The largest absolute Gasteiger partial charge is 0.490 e. The third-order valence-electron chi connectivity index (χ3n) is 2.87. The number of aliphatic hydroxyl groups is 1. The Labute approximate surface area is 102 Å². The van der Waals surface area contributed by atoms with Crippen molar-refractivity contribution < 1.29 is 14.6 Å². The van der Waals surface area contributed by atoms with Gasteiger partial charge in [0.25, 0.3) is 0 Å². The second-order valence-electron chi connectivity index (χ2n) is 4.76. The van der Waals surface area contributed by atoms with Crippen LogP contribution in [0.2, 0.25) is 0 Å². The van der Waals surface area contributed by atoms with Crippen LogP contribution in [0.5, 0.6) is 5.75 Å². The van der Waals surface area contributed by atoms with E-state index in [-0.39, 0.29) is 0 Å². The molecule has 1 unspecified atom stereocenters. The SMILES string of the molecule is CCOCC(C)(O)c1cccc(OC2CC2)c1. The van der Waals surface area contributed by atoms with Crippen LogP contribution in [0.3, 0.4) is 0 Å². The minimum absolute atomic E-state index is 0.302. The molecule has 1 atom stereocenters. The smallest absolute Gasteiger partial charge is 0.120 e. The molecule has 1 aromatic carbocycles. The molecule has 1 aromatic rings. The lowest BCUT2D eigenvalue weighted by Crippen LogP contribution is -2.27. The average Bonchev–Trinajstić information content (AvgIpc) is 3.11. The van der Waals surface area contributed by atoms with Gasteiger partial charge in [0.05, 0.1) is 12.7 Å². The molecule has 0 bridgehead atoms. The summed E-state index contributed by atoms with van der Waals surface area (Å²) in [6.45, 7) is 4.59. The Kier molecular flexibility index (Phi) is 3.69. The first-order valence-electron chi connectivity index (χ1n) is 6.19. The monoisotopic (exact) mass is 236 g/mol. The van der Waals surface area contributed by atoms with Crippen molar-refractivity contribution in [3.63, 3.8) is 0 Å². The zero-order valence-corrected chi connectivity index (χ0v) is 10.5. The third-order valence-corrected chi connectivity index (χ3v) is 2.87. The first-order valence-corrected chi connectivity index (χ1v) is 6.19. The van der Waals surface area contributed by atoms with Crippen molar-refractivity contribution in [2.45, 2.75) is 38.4 Å². The molecule has 1 aliphatic rings. The summed E-state index contributed by atoms with van der Waals surface area (Å²) in [5, 5.41) is 10.3. The van der Waals surface area contributed by atoms with Gasteiger partial charge >= 0.3 is 0 Å². The Morgan fingerprint density at radius 1 is 1.41 bits per heavy atom. The van der Waals surface area contributed by atoms with Gasteiger partial charge in [-0.3, -0.25) is 0 Å². The summed E-state index contributed by atoms with van der Waals surface area (Å²) in [5.74, 6) is 0.835. The topological polar surface area (TPSA) is 38.7 Å². The number of ether oxygens (including phenoxy) is 2. The second kappa shape index (κ2) is 5.07. The summed E-state index contributed by atoms with van der Waals surface area (Å²) < 4.78 is 11.0. The fraction of sp³-hybridized carbons (Fsp3) is 0.571. The lowest BCUT2D eigenvalue weighted by molar-refractivity contribution is -0.0344. The van der Waals surface area contributed by atoms with Gasteiger partial charge in [-0.2, -0.15) is 0 Å². The maximum absolute atomic E-state index is 10.3. The van der Waals surface area contributed by atoms with Crippen LogP contribution in [0, 0.1) is 0 Å². The maximum atomic E-state index is 10.3. The van der Waals surface area contributed by atoms with Crippen LogP contribution in [0.4, 0.5) is 0 Å². The van der Waals surface area contributed by atoms with Crippen molar-refractivity contribution in [2.24, 2.45) is 0 Å². The highest BCUT2D eigenvalue weighted by atomic mass is 16.5. The van der Waals surface area contributed by atoms with E-state index in [1.54, 1.807) is 6.92 Å². The van der Waals surface area contributed by atoms with Crippen molar-refractivity contribution in [3.05, 3.63) is 29.8 Å². The quantitative estimate of drug-likeness (QED) is 0.824. The van der Waals surface area contributed by atoms with Gasteiger partial charge in [0.2, 0.25) is 0 Å². The van der Waals surface area contributed by atoms with E-state index in [2.05, 4.69) is 0 Å². The molecule has 0 amide bonds. The fourth-order valence-corrected chi connectivity index (χ4v) is 1.67. The summed E-state index contributed by atoms with van der Waals surface area (Å²) in [7, 11) is 0. The highest BCUT2D eigenvalue weighted by molar-refractivity contribution is 5.32. The normalized spacial score (nSPS) is 18.8. The van der Waals surface area contributed by atoms with Crippen LogP contribution >= 0.6 is 0 Å². The highest BCUT2D eigenvalue weighted by Gasteiger charge is 2.26. The molecule has 2 rings (SSSR count). The van der Waals surface area contributed by atoms with Crippen LogP contribution in [0.1, 0.15) is 32.3 Å². The van der Waals surface area contributed by atoms with Crippen LogP contribution in [0.25, 0.3) is 0 Å². The Morgan fingerprint density at radius 2 is 2.18 bits per heavy atom.